The highest BCUT2D eigenvalue weighted by Gasteiger charge is 2.51. The third-order valence-electron chi connectivity index (χ3n) is 5.76. The van der Waals surface area contributed by atoms with E-state index in [1.165, 1.54) is 12.8 Å². The smallest absolute Gasteiger partial charge is 0.276 e. The molecular formula is C16H22N4O2. The molecule has 6 heteroatoms. The number of pyridine rings is 1. The van der Waals surface area contributed by atoms with E-state index in [2.05, 4.69) is 21.8 Å². The van der Waals surface area contributed by atoms with Crippen LogP contribution in [0.5, 0.6) is 0 Å². The third kappa shape index (κ3) is 2.14. The summed E-state index contributed by atoms with van der Waals surface area (Å²) in [5.41, 5.74) is 4.28. The molecule has 4 rings (SSSR count). The van der Waals surface area contributed by atoms with Gasteiger partial charge in [0.1, 0.15) is 0 Å². The van der Waals surface area contributed by atoms with Gasteiger partial charge < -0.3 is 0 Å². The van der Waals surface area contributed by atoms with Crippen molar-refractivity contribution in [3.63, 3.8) is 0 Å². The zero-order valence-electron chi connectivity index (χ0n) is 12.8. The number of carbonyl (C=O) groups excluding carboxylic acids is 1. The SMILES string of the molecule is CN1C2CCC2C1CN1CCc2ncc(C(=O)NO)cc2C1. The molecule has 1 saturated carbocycles. The maximum absolute atomic E-state index is 11.5. The van der Waals surface area contributed by atoms with Crippen LogP contribution in [0.25, 0.3) is 0 Å². The molecule has 2 N–H and O–H groups in total. The van der Waals surface area contributed by atoms with Crippen molar-refractivity contribution in [3.8, 4) is 0 Å². The molecule has 0 aromatic carbocycles. The summed E-state index contributed by atoms with van der Waals surface area (Å²) in [5.74, 6) is 0.402. The lowest BCUT2D eigenvalue weighted by Gasteiger charge is -2.61. The van der Waals surface area contributed by atoms with Gasteiger partial charge >= 0.3 is 0 Å². The number of aromatic nitrogens is 1. The van der Waals surface area contributed by atoms with Crippen molar-refractivity contribution in [1.29, 1.82) is 0 Å². The quantitative estimate of drug-likeness (QED) is 0.634. The van der Waals surface area contributed by atoms with Crippen LogP contribution in [0.2, 0.25) is 0 Å². The maximum Gasteiger partial charge on any atom is 0.276 e. The summed E-state index contributed by atoms with van der Waals surface area (Å²) < 4.78 is 0. The van der Waals surface area contributed by atoms with E-state index in [4.69, 9.17) is 5.21 Å². The van der Waals surface area contributed by atoms with Gasteiger partial charge in [-0.05, 0) is 37.4 Å². The van der Waals surface area contributed by atoms with Crippen molar-refractivity contribution in [2.45, 2.75) is 37.9 Å². The highest BCUT2D eigenvalue weighted by Crippen LogP contribution is 2.46. The van der Waals surface area contributed by atoms with E-state index in [0.717, 1.165) is 49.3 Å². The average Bonchev–Trinajstić information content (AvgIpc) is 2.52. The molecule has 1 amide bonds. The number of hydrogen-bond acceptors (Lipinski definition) is 5. The molecule has 1 aliphatic carbocycles. The van der Waals surface area contributed by atoms with Crippen LogP contribution in [0.15, 0.2) is 12.3 Å². The second-order valence-electron chi connectivity index (χ2n) is 6.80. The van der Waals surface area contributed by atoms with Crippen molar-refractivity contribution >= 4 is 5.91 Å². The van der Waals surface area contributed by atoms with E-state index in [1.54, 1.807) is 11.7 Å². The molecule has 0 bridgehead atoms. The van der Waals surface area contributed by atoms with Gasteiger partial charge in [-0.1, -0.05) is 0 Å². The Hall–Kier alpha value is -1.50. The number of fused-ring (bicyclic) bond motifs is 2. The van der Waals surface area contributed by atoms with Crippen LogP contribution < -0.4 is 5.48 Å². The van der Waals surface area contributed by atoms with Gasteiger partial charge in [-0.15, -0.1) is 0 Å². The van der Waals surface area contributed by atoms with Crippen LogP contribution in [0, 0.1) is 5.92 Å². The van der Waals surface area contributed by atoms with Crippen molar-refractivity contribution in [3.05, 3.63) is 29.1 Å². The normalized spacial score (nSPS) is 30.7. The average molecular weight is 302 g/mol. The Kier molecular flexibility index (Phi) is 3.40. The molecule has 2 aliphatic heterocycles. The molecule has 1 aromatic rings. The molecule has 3 aliphatic rings. The topological polar surface area (TPSA) is 68.7 Å². The number of hydrogen-bond donors (Lipinski definition) is 2. The summed E-state index contributed by atoms with van der Waals surface area (Å²) in [6, 6.07) is 3.39. The lowest BCUT2D eigenvalue weighted by atomic mass is 9.65. The Labute approximate surface area is 130 Å². The third-order valence-corrected chi connectivity index (χ3v) is 5.76. The molecule has 2 fully saturated rings. The van der Waals surface area contributed by atoms with Crippen LogP contribution in [0.1, 0.15) is 34.5 Å². The minimum absolute atomic E-state index is 0.419. The van der Waals surface area contributed by atoms with Gasteiger partial charge in [0.25, 0.3) is 5.91 Å². The zero-order chi connectivity index (χ0) is 15.3. The first-order valence-electron chi connectivity index (χ1n) is 8.04. The summed E-state index contributed by atoms with van der Waals surface area (Å²) in [6.45, 7) is 2.98. The Morgan fingerprint density at radius 1 is 1.50 bits per heavy atom. The molecule has 3 atom stereocenters. The minimum atomic E-state index is -0.497. The number of piperidine rings is 1. The molecule has 1 saturated heterocycles. The molecule has 118 valence electrons. The van der Waals surface area contributed by atoms with Gasteiger partial charge in [0, 0.05) is 50.0 Å². The van der Waals surface area contributed by atoms with Gasteiger partial charge in [0.2, 0.25) is 0 Å². The standard InChI is InChI=1S/C16H22N4O2/c1-19-14-3-2-12(14)15(19)9-20-5-4-13-11(8-20)6-10(7-17-13)16(21)18-22/h6-7,12,14-15,22H,2-5,8-9H2,1H3,(H,18,21). The summed E-state index contributed by atoms with van der Waals surface area (Å²) in [4.78, 5) is 20.9. The summed E-state index contributed by atoms with van der Waals surface area (Å²) in [7, 11) is 2.24. The first kappa shape index (κ1) is 14.1. The first-order chi connectivity index (χ1) is 10.7. The van der Waals surface area contributed by atoms with E-state index < -0.39 is 5.91 Å². The Bertz CT molecular complexity index is 600. The molecule has 22 heavy (non-hydrogen) atoms. The van der Waals surface area contributed by atoms with Crippen LogP contribution in [0.4, 0.5) is 0 Å². The zero-order valence-corrected chi connectivity index (χ0v) is 12.8. The van der Waals surface area contributed by atoms with Crippen LogP contribution in [-0.2, 0) is 13.0 Å². The fraction of sp³-hybridized carbons (Fsp3) is 0.625. The highest BCUT2D eigenvalue weighted by atomic mass is 16.5. The second kappa shape index (κ2) is 5.30. The van der Waals surface area contributed by atoms with Gasteiger partial charge in [-0.25, -0.2) is 5.48 Å². The number of carbonyl (C=O) groups is 1. The van der Waals surface area contributed by atoms with Gasteiger partial charge in [-0.3, -0.25) is 24.8 Å². The van der Waals surface area contributed by atoms with E-state index in [9.17, 15) is 4.79 Å². The van der Waals surface area contributed by atoms with E-state index in [1.807, 2.05) is 6.07 Å². The van der Waals surface area contributed by atoms with E-state index in [0.29, 0.717) is 11.6 Å². The van der Waals surface area contributed by atoms with Gasteiger partial charge in [-0.2, -0.15) is 0 Å². The largest absolute Gasteiger partial charge is 0.299 e. The molecular weight excluding hydrogens is 280 g/mol. The van der Waals surface area contributed by atoms with E-state index >= 15 is 0 Å². The molecule has 6 nitrogen and oxygen atoms in total. The maximum atomic E-state index is 11.5. The van der Waals surface area contributed by atoms with Crippen LogP contribution in [-0.4, -0.2) is 58.1 Å². The second-order valence-corrected chi connectivity index (χ2v) is 6.80. The fourth-order valence-electron chi connectivity index (χ4n) is 4.27. The number of likely N-dealkylation sites (tertiary alicyclic amines) is 1. The van der Waals surface area contributed by atoms with E-state index in [-0.39, 0.29) is 0 Å². The molecule has 3 heterocycles. The molecule has 0 radical (unpaired) electrons. The predicted octanol–water partition coefficient (Wildman–Crippen LogP) is 0.651. The molecule has 3 unspecified atom stereocenters. The Morgan fingerprint density at radius 2 is 2.36 bits per heavy atom. The Balaban J connectivity index is 1.45. The van der Waals surface area contributed by atoms with Gasteiger partial charge in [0.15, 0.2) is 0 Å². The number of rotatable bonds is 3. The fourth-order valence-corrected chi connectivity index (χ4v) is 4.27. The minimum Gasteiger partial charge on any atom is -0.299 e. The summed E-state index contributed by atoms with van der Waals surface area (Å²) in [5, 5.41) is 8.75. The van der Waals surface area contributed by atoms with Crippen LogP contribution in [0.3, 0.4) is 0 Å². The van der Waals surface area contributed by atoms with Crippen molar-refractivity contribution in [2.24, 2.45) is 5.92 Å². The van der Waals surface area contributed by atoms with Crippen molar-refractivity contribution in [2.75, 3.05) is 20.1 Å². The first-order valence-corrected chi connectivity index (χ1v) is 8.04. The number of hydroxylamine groups is 1. The lowest BCUT2D eigenvalue weighted by Crippen LogP contribution is -2.70. The number of likely N-dealkylation sites (N-methyl/N-ethyl adjacent to an activating group) is 1. The summed E-state index contributed by atoms with van der Waals surface area (Å²) in [6.07, 6.45) is 5.22. The van der Waals surface area contributed by atoms with Gasteiger partial charge in [0.05, 0.1) is 5.56 Å². The number of nitrogens with one attached hydrogen (secondary N) is 1. The highest BCUT2D eigenvalue weighted by molar-refractivity contribution is 5.93. The Morgan fingerprint density at radius 3 is 3.05 bits per heavy atom. The number of amides is 1. The molecule has 0 spiro atoms. The van der Waals surface area contributed by atoms with Crippen molar-refractivity contribution < 1.29 is 10.0 Å². The number of nitrogens with zero attached hydrogens (tertiary/aromatic N) is 3. The van der Waals surface area contributed by atoms with Crippen molar-refractivity contribution in [1.82, 2.24) is 20.3 Å². The monoisotopic (exact) mass is 302 g/mol. The van der Waals surface area contributed by atoms with Crippen LogP contribution >= 0.6 is 0 Å². The summed E-state index contributed by atoms with van der Waals surface area (Å²) >= 11 is 0. The lowest BCUT2D eigenvalue weighted by molar-refractivity contribution is -0.114. The molecule has 1 aromatic heterocycles. The predicted molar refractivity (Wildman–Crippen MR) is 80.5 cm³/mol.